The Morgan fingerprint density at radius 2 is 0.690 bits per heavy atom. The summed E-state index contributed by atoms with van der Waals surface area (Å²) in [5, 5.41) is 2.17. The van der Waals surface area contributed by atoms with Crippen LogP contribution in [0.5, 0.6) is 0 Å². The van der Waals surface area contributed by atoms with Crippen molar-refractivity contribution in [3.05, 3.63) is 212 Å². The minimum atomic E-state index is 0.616. The zero-order chi connectivity index (χ0) is 38.7. The molecule has 10 rings (SSSR count). The molecule has 0 bridgehead atoms. The first-order valence-corrected chi connectivity index (χ1v) is 19.3. The second-order valence-electron chi connectivity index (χ2n) is 14.1. The second-order valence-corrected chi connectivity index (χ2v) is 14.1. The van der Waals surface area contributed by atoms with Gasteiger partial charge in [-0.25, -0.2) is 24.9 Å². The van der Waals surface area contributed by atoms with Crippen LogP contribution in [0.25, 0.3) is 101 Å². The molecule has 5 heteroatoms. The third-order valence-corrected chi connectivity index (χ3v) is 10.4. The monoisotopic (exact) mass is 741 g/mol. The molecule has 272 valence electrons. The summed E-state index contributed by atoms with van der Waals surface area (Å²) >= 11 is 0. The highest BCUT2D eigenvalue weighted by atomic mass is 15.0. The molecule has 0 N–H and O–H groups in total. The molecular formula is C53H35N5. The molecule has 0 aliphatic carbocycles. The molecule has 5 nitrogen and oxygen atoms in total. The molecule has 0 saturated carbocycles. The summed E-state index contributed by atoms with van der Waals surface area (Å²) in [6.45, 7) is 0. The van der Waals surface area contributed by atoms with Gasteiger partial charge in [0.2, 0.25) is 0 Å². The van der Waals surface area contributed by atoms with Crippen LogP contribution in [0.15, 0.2) is 212 Å². The Balaban J connectivity index is 1.15. The van der Waals surface area contributed by atoms with Crippen molar-refractivity contribution in [3.8, 4) is 90.3 Å². The van der Waals surface area contributed by atoms with Gasteiger partial charge in [-0.2, -0.15) is 0 Å². The van der Waals surface area contributed by atoms with Crippen LogP contribution in [0, 0.1) is 0 Å². The minimum absolute atomic E-state index is 0.616. The van der Waals surface area contributed by atoms with Gasteiger partial charge in [-0.3, -0.25) is 0 Å². The quantitative estimate of drug-likeness (QED) is 0.155. The average Bonchev–Trinajstić information content (AvgIpc) is 3.32. The molecule has 0 unspecified atom stereocenters. The number of fused-ring (bicyclic) bond motifs is 1. The highest BCUT2D eigenvalue weighted by molar-refractivity contribution is 6.03. The number of hydrogen-bond donors (Lipinski definition) is 0. The van der Waals surface area contributed by atoms with Gasteiger partial charge in [0.15, 0.2) is 23.3 Å². The fourth-order valence-corrected chi connectivity index (χ4v) is 7.54. The summed E-state index contributed by atoms with van der Waals surface area (Å²) in [5.41, 5.74) is 11.7. The lowest BCUT2D eigenvalue weighted by molar-refractivity contribution is 1.08. The van der Waals surface area contributed by atoms with Crippen LogP contribution in [-0.4, -0.2) is 24.9 Å². The van der Waals surface area contributed by atoms with E-state index in [-0.39, 0.29) is 0 Å². The van der Waals surface area contributed by atoms with E-state index in [1.54, 1.807) is 0 Å². The fourth-order valence-electron chi connectivity index (χ4n) is 7.54. The normalized spacial score (nSPS) is 11.1. The first-order valence-electron chi connectivity index (χ1n) is 19.3. The summed E-state index contributed by atoms with van der Waals surface area (Å²) in [5.74, 6) is 2.53. The van der Waals surface area contributed by atoms with Gasteiger partial charge < -0.3 is 0 Å². The molecule has 0 amide bonds. The lowest BCUT2D eigenvalue weighted by Crippen LogP contribution is -2.01. The predicted octanol–water partition coefficient (Wildman–Crippen LogP) is 13.2. The van der Waals surface area contributed by atoms with Gasteiger partial charge in [0.1, 0.15) is 0 Å². The zero-order valence-corrected chi connectivity index (χ0v) is 31.4. The average molecular weight is 742 g/mol. The van der Waals surface area contributed by atoms with Crippen LogP contribution in [0.3, 0.4) is 0 Å². The Hall–Kier alpha value is -7.89. The maximum Gasteiger partial charge on any atom is 0.165 e. The Bertz CT molecular complexity index is 2930. The van der Waals surface area contributed by atoms with Crippen molar-refractivity contribution in [3.63, 3.8) is 0 Å². The summed E-state index contributed by atoms with van der Waals surface area (Å²) in [4.78, 5) is 25.8. The van der Waals surface area contributed by atoms with Crippen LogP contribution >= 0.6 is 0 Å². The third kappa shape index (κ3) is 6.82. The third-order valence-electron chi connectivity index (χ3n) is 10.4. The maximum absolute atomic E-state index is 5.20. The SMILES string of the molecule is c1ccc(-c2cc(-c3ccccc3)nc(-c3ccccc3-c3cccc(-c4ccc5ccccc5c4-c4nc(-c5ccccc5)nc(-c5ccccc5)n4)c3)n2)cc1. The van der Waals surface area contributed by atoms with Gasteiger partial charge in [-0.05, 0) is 45.2 Å². The summed E-state index contributed by atoms with van der Waals surface area (Å²) in [6.07, 6.45) is 0. The van der Waals surface area contributed by atoms with Crippen molar-refractivity contribution in [2.75, 3.05) is 0 Å². The standard InChI is InChI=1S/C53H35N5/c1-5-19-37(20-6-1)47-35-48(38-21-7-2-8-22-38)55-52(54-47)46-31-16-15-29-43(46)41-27-17-28-42(34-41)45-33-32-36-18-13-14-30-44(36)49(45)53-57-50(39-23-9-3-10-24-39)56-51(58-53)40-25-11-4-12-26-40/h1-35H. The van der Waals surface area contributed by atoms with Crippen molar-refractivity contribution in [2.45, 2.75) is 0 Å². The molecule has 2 aromatic heterocycles. The van der Waals surface area contributed by atoms with E-state index in [9.17, 15) is 0 Å². The van der Waals surface area contributed by atoms with Crippen molar-refractivity contribution >= 4 is 10.8 Å². The molecule has 0 fully saturated rings. The molecule has 0 aliphatic heterocycles. The summed E-state index contributed by atoms with van der Waals surface area (Å²) in [6, 6.07) is 72.8. The molecule has 0 aliphatic rings. The molecule has 10 aromatic rings. The van der Waals surface area contributed by atoms with Crippen LogP contribution < -0.4 is 0 Å². The highest BCUT2D eigenvalue weighted by Gasteiger charge is 2.20. The number of aromatic nitrogens is 5. The van der Waals surface area contributed by atoms with Crippen molar-refractivity contribution in [1.29, 1.82) is 0 Å². The Labute approximate surface area is 337 Å². The first-order chi connectivity index (χ1) is 28.7. The Kier molecular flexibility index (Phi) is 9.14. The van der Waals surface area contributed by atoms with Crippen LogP contribution in [0.1, 0.15) is 0 Å². The topological polar surface area (TPSA) is 64.5 Å². The van der Waals surface area contributed by atoms with E-state index in [1.165, 1.54) is 0 Å². The van der Waals surface area contributed by atoms with Gasteiger partial charge in [0, 0.05) is 33.4 Å². The van der Waals surface area contributed by atoms with E-state index < -0.39 is 0 Å². The molecule has 2 heterocycles. The van der Waals surface area contributed by atoms with Gasteiger partial charge in [0.25, 0.3) is 0 Å². The van der Waals surface area contributed by atoms with E-state index in [0.717, 1.165) is 77.8 Å². The maximum atomic E-state index is 5.20. The smallest absolute Gasteiger partial charge is 0.165 e. The number of hydrogen-bond acceptors (Lipinski definition) is 5. The fraction of sp³-hybridized carbons (Fsp3) is 0. The Morgan fingerprint density at radius 3 is 1.28 bits per heavy atom. The number of nitrogens with zero attached hydrogens (tertiary/aromatic N) is 5. The Morgan fingerprint density at radius 1 is 0.241 bits per heavy atom. The van der Waals surface area contributed by atoms with Gasteiger partial charge in [-0.1, -0.05) is 200 Å². The van der Waals surface area contributed by atoms with Crippen molar-refractivity contribution in [1.82, 2.24) is 24.9 Å². The molecule has 0 radical (unpaired) electrons. The first kappa shape index (κ1) is 34.6. The van der Waals surface area contributed by atoms with Crippen molar-refractivity contribution in [2.24, 2.45) is 0 Å². The molecule has 0 saturated heterocycles. The summed E-state index contributed by atoms with van der Waals surface area (Å²) < 4.78 is 0. The number of rotatable bonds is 8. The van der Waals surface area contributed by atoms with Crippen LogP contribution in [-0.2, 0) is 0 Å². The lowest BCUT2D eigenvalue weighted by Gasteiger charge is -2.16. The van der Waals surface area contributed by atoms with Crippen LogP contribution in [0.4, 0.5) is 0 Å². The molecule has 0 atom stereocenters. The van der Waals surface area contributed by atoms with Gasteiger partial charge >= 0.3 is 0 Å². The van der Waals surface area contributed by atoms with Crippen molar-refractivity contribution < 1.29 is 0 Å². The molecule has 58 heavy (non-hydrogen) atoms. The highest BCUT2D eigenvalue weighted by Crippen LogP contribution is 2.40. The second kappa shape index (κ2) is 15.3. The van der Waals surface area contributed by atoms with E-state index >= 15 is 0 Å². The lowest BCUT2D eigenvalue weighted by atomic mass is 9.91. The van der Waals surface area contributed by atoms with E-state index in [0.29, 0.717) is 23.3 Å². The van der Waals surface area contributed by atoms with E-state index in [4.69, 9.17) is 24.9 Å². The van der Waals surface area contributed by atoms with Gasteiger partial charge in [-0.15, -0.1) is 0 Å². The zero-order valence-electron chi connectivity index (χ0n) is 31.4. The predicted molar refractivity (Wildman–Crippen MR) is 236 cm³/mol. The number of benzene rings is 8. The van der Waals surface area contributed by atoms with E-state index in [2.05, 4.69) is 115 Å². The molecule has 8 aromatic carbocycles. The van der Waals surface area contributed by atoms with Gasteiger partial charge in [0.05, 0.1) is 11.4 Å². The molecule has 0 spiro atoms. The van der Waals surface area contributed by atoms with Crippen LogP contribution in [0.2, 0.25) is 0 Å². The largest absolute Gasteiger partial charge is 0.228 e. The minimum Gasteiger partial charge on any atom is -0.228 e. The summed E-state index contributed by atoms with van der Waals surface area (Å²) in [7, 11) is 0. The molecular weight excluding hydrogens is 707 g/mol. The van der Waals surface area contributed by atoms with E-state index in [1.807, 2.05) is 97.1 Å².